The number of hydrogen-bond acceptors (Lipinski definition) is 3. The van der Waals surface area contributed by atoms with Crippen molar-refractivity contribution in [2.45, 2.75) is 44.1 Å². The average molecular weight is 223 g/mol. The van der Waals surface area contributed by atoms with Crippen molar-refractivity contribution in [3.8, 4) is 0 Å². The van der Waals surface area contributed by atoms with Crippen molar-refractivity contribution in [3.05, 3.63) is 22.4 Å². The molecule has 0 aromatic carbocycles. The standard InChI is InChI=1S/C12H17NOS/c1-9(13)12(11-6-4-8-15-11)7-3-2-5-10(12)14/h4,6,8-9H,2-3,5,7,13H2,1H3. The zero-order chi connectivity index (χ0) is 10.9. The van der Waals surface area contributed by atoms with Gasteiger partial charge in [0.15, 0.2) is 0 Å². The lowest BCUT2D eigenvalue weighted by atomic mass is 9.68. The Kier molecular flexibility index (Phi) is 2.94. The summed E-state index contributed by atoms with van der Waals surface area (Å²) in [5, 5.41) is 2.03. The molecule has 1 heterocycles. The van der Waals surface area contributed by atoms with E-state index in [9.17, 15) is 4.79 Å². The second-order valence-electron chi connectivity index (χ2n) is 4.37. The van der Waals surface area contributed by atoms with Crippen molar-refractivity contribution < 1.29 is 4.79 Å². The van der Waals surface area contributed by atoms with Crippen molar-refractivity contribution in [1.82, 2.24) is 0 Å². The van der Waals surface area contributed by atoms with Crippen molar-refractivity contribution in [2.75, 3.05) is 0 Å². The minimum atomic E-state index is -0.383. The van der Waals surface area contributed by atoms with Crippen LogP contribution >= 0.6 is 11.3 Å². The molecule has 3 heteroatoms. The molecule has 1 aliphatic carbocycles. The van der Waals surface area contributed by atoms with Gasteiger partial charge in [-0.1, -0.05) is 12.5 Å². The Labute approximate surface area is 94.5 Å². The first-order valence-corrected chi connectivity index (χ1v) is 6.39. The third-order valence-electron chi connectivity index (χ3n) is 3.46. The maximum absolute atomic E-state index is 12.2. The van der Waals surface area contributed by atoms with Gasteiger partial charge in [0, 0.05) is 17.3 Å². The SMILES string of the molecule is CC(N)C1(c2cccs2)CCCCC1=O. The Morgan fingerprint density at radius 2 is 2.33 bits per heavy atom. The number of thiophene rings is 1. The van der Waals surface area contributed by atoms with E-state index in [2.05, 4.69) is 6.07 Å². The van der Waals surface area contributed by atoms with Gasteiger partial charge in [-0.2, -0.15) is 0 Å². The summed E-state index contributed by atoms with van der Waals surface area (Å²) in [5.41, 5.74) is 5.69. The van der Waals surface area contributed by atoms with Crippen LogP contribution < -0.4 is 5.73 Å². The summed E-state index contributed by atoms with van der Waals surface area (Å²) in [4.78, 5) is 13.3. The minimum Gasteiger partial charge on any atom is -0.327 e. The van der Waals surface area contributed by atoms with Crippen LogP contribution in [-0.2, 0) is 10.2 Å². The van der Waals surface area contributed by atoms with E-state index < -0.39 is 0 Å². The molecule has 82 valence electrons. The van der Waals surface area contributed by atoms with E-state index in [0.29, 0.717) is 12.2 Å². The zero-order valence-electron chi connectivity index (χ0n) is 9.03. The molecule has 2 N–H and O–H groups in total. The number of rotatable bonds is 2. The lowest BCUT2D eigenvalue weighted by Crippen LogP contribution is -2.50. The lowest BCUT2D eigenvalue weighted by Gasteiger charge is -2.38. The summed E-state index contributed by atoms with van der Waals surface area (Å²) in [7, 11) is 0. The highest BCUT2D eigenvalue weighted by Gasteiger charge is 2.45. The van der Waals surface area contributed by atoms with E-state index in [0.717, 1.165) is 24.1 Å². The molecule has 0 saturated heterocycles. The number of ketones is 1. The van der Waals surface area contributed by atoms with Gasteiger partial charge in [-0.05, 0) is 31.2 Å². The predicted octanol–water partition coefficient (Wildman–Crippen LogP) is 2.48. The van der Waals surface area contributed by atoms with Crippen LogP contribution in [0.5, 0.6) is 0 Å². The summed E-state index contributed by atoms with van der Waals surface area (Å²) in [5.74, 6) is 0.339. The fourth-order valence-corrected chi connectivity index (χ4v) is 3.62. The predicted molar refractivity (Wildman–Crippen MR) is 63.1 cm³/mol. The highest BCUT2D eigenvalue weighted by molar-refractivity contribution is 7.10. The van der Waals surface area contributed by atoms with Crippen LogP contribution in [0.4, 0.5) is 0 Å². The lowest BCUT2D eigenvalue weighted by molar-refractivity contribution is -0.127. The number of hydrogen-bond donors (Lipinski definition) is 1. The summed E-state index contributed by atoms with van der Waals surface area (Å²) >= 11 is 1.66. The molecule has 1 aromatic rings. The molecule has 0 radical (unpaired) electrons. The smallest absolute Gasteiger partial charge is 0.145 e. The molecule has 1 aliphatic rings. The molecule has 2 nitrogen and oxygen atoms in total. The highest BCUT2D eigenvalue weighted by atomic mass is 32.1. The van der Waals surface area contributed by atoms with Gasteiger partial charge in [0.05, 0.1) is 5.41 Å². The second-order valence-corrected chi connectivity index (χ2v) is 5.32. The molecule has 2 unspecified atom stereocenters. The topological polar surface area (TPSA) is 43.1 Å². The highest BCUT2D eigenvalue weighted by Crippen LogP contribution is 2.40. The molecular formula is C12H17NOS. The normalized spacial score (nSPS) is 29.1. The van der Waals surface area contributed by atoms with Crippen LogP contribution in [0.15, 0.2) is 17.5 Å². The fraction of sp³-hybridized carbons (Fsp3) is 0.583. The van der Waals surface area contributed by atoms with E-state index in [-0.39, 0.29) is 11.5 Å². The van der Waals surface area contributed by atoms with E-state index in [1.807, 2.05) is 18.4 Å². The maximum Gasteiger partial charge on any atom is 0.145 e. The van der Waals surface area contributed by atoms with Gasteiger partial charge >= 0.3 is 0 Å². The summed E-state index contributed by atoms with van der Waals surface area (Å²) in [6.07, 6.45) is 3.76. The van der Waals surface area contributed by atoms with Crippen molar-refractivity contribution in [2.24, 2.45) is 5.73 Å². The molecule has 15 heavy (non-hydrogen) atoms. The number of nitrogens with two attached hydrogens (primary N) is 1. The van der Waals surface area contributed by atoms with Crippen LogP contribution in [0.25, 0.3) is 0 Å². The Hall–Kier alpha value is -0.670. The van der Waals surface area contributed by atoms with Crippen LogP contribution in [0, 0.1) is 0 Å². The first-order chi connectivity index (χ1) is 7.18. The maximum atomic E-state index is 12.2. The summed E-state index contributed by atoms with van der Waals surface area (Å²) in [6.45, 7) is 1.96. The van der Waals surface area contributed by atoms with Gasteiger partial charge in [0.1, 0.15) is 5.78 Å². The zero-order valence-corrected chi connectivity index (χ0v) is 9.85. The molecule has 0 aliphatic heterocycles. The number of carbonyl (C=O) groups excluding carboxylic acids is 1. The van der Waals surface area contributed by atoms with Gasteiger partial charge in [-0.25, -0.2) is 0 Å². The third kappa shape index (κ3) is 1.64. The van der Waals surface area contributed by atoms with Crippen molar-refractivity contribution in [1.29, 1.82) is 0 Å². The minimum absolute atomic E-state index is 0.0797. The quantitative estimate of drug-likeness (QED) is 0.837. The van der Waals surface area contributed by atoms with E-state index in [4.69, 9.17) is 5.73 Å². The largest absolute Gasteiger partial charge is 0.327 e. The molecule has 1 fully saturated rings. The molecule has 2 rings (SSSR count). The van der Waals surface area contributed by atoms with Crippen LogP contribution in [0.2, 0.25) is 0 Å². The molecule has 1 aromatic heterocycles. The molecule has 1 saturated carbocycles. The van der Waals surface area contributed by atoms with E-state index in [1.54, 1.807) is 11.3 Å². The molecule has 0 amide bonds. The van der Waals surface area contributed by atoms with Gasteiger partial charge in [-0.15, -0.1) is 11.3 Å². The fourth-order valence-electron chi connectivity index (χ4n) is 2.55. The van der Waals surface area contributed by atoms with Crippen molar-refractivity contribution >= 4 is 17.1 Å². The van der Waals surface area contributed by atoms with Crippen LogP contribution in [0.1, 0.15) is 37.5 Å². The van der Waals surface area contributed by atoms with Gasteiger partial charge in [-0.3, -0.25) is 4.79 Å². The average Bonchev–Trinajstić information content (AvgIpc) is 2.71. The first kappa shape index (κ1) is 10.8. The van der Waals surface area contributed by atoms with E-state index >= 15 is 0 Å². The monoisotopic (exact) mass is 223 g/mol. The Balaban J connectivity index is 2.44. The molecule has 0 spiro atoms. The van der Waals surface area contributed by atoms with Crippen molar-refractivity contribution in [3.63, 3.8) is 0 Å². The van der Waals surface area contributed by atoms with E-state index in [1.165, 1.54) is 0 Å². The van der Waals surface area contributed by atoms with Crippen LogP contribution in [-0.4, -0.2) is 11.8 Å². The summed E-state index contributed by atoms with van der Waals surface area (Å²) < 4.78 is 0. The Morgan fingerprint density at radius 3 is 2.87 bits per heavy atom. The van der Waals surface area contributed by atoms with Gasteiger partial charge in [0.2, 0.25) is 0 Å². The molecular weight excluding hydrogens is 206 g/mol. The van der Waals surface area contributed by atoms with Gasteiger partial charge < -0.3 is 5.73 Å². The molecule has 2 atom stereocenters. The van der Waals surface area contributed by atoms with Crippen LogP contribution in [0.3, 0.4) is 0 Å². The second kappa shape index (κ2) is 4.06. The van der Waals surface area contributed by atoms with Gasteiger partial charge in [0.25, 0.3) is 0 Å². The Morgan fingerprint density at radius 1 is 1.53 bits per heavy atom. The molecule has 0 bridgehead atoms. The summed E-state index contributed by atoms with van der Waals surface area (Å²) in [6, 6.07) is 3.98. The first-order valence-electron chi connectivity index (χ1n) is 5.51. The third-order valence-corrected chi connectivity index (χ3v) is 4.51. The Bertz CT molecular complexity index is 345. The number of Topliss-reactive ketones (excluding diaryl/α,β-unsaturated/α-hetero) is 1. The number of carbonyl (C=O) groups is 1.